The lowest BCUT2D eigenvalue weighted by atomic mass is 9.73. The molecule has 0 saturated carbocycles. The van der Waals surface area contributed by atoms with Crippen molar-refractivity contribution in [2.75, 3.05) is 43.9 Å². The Morgan fingerprint density at radius 3 is 2.53 bits per heavy atom. The summed E-state index contributed by atoms with van der Waals surface area (Å²) >= 11 is 0. The maximum Gasteiger partial charge on any atom is 0.417 e. The Morgan fingerprint density at radius 2 is 1.86 bits per heavy atom. The van der Waals surface area contributed by atoms with Gasteiger partial charge in [-0.15, -0.1) is 0 Å². The van der Waals surface area contributed by atoms with Gasteiger partial charge in [-0.3, -0.25) is 0 Å². The number of piperidine rings is 1. The van der Waals surface area contributed by atoms with Gasteiger partial charge >= 0.3 is 12.2 Å². The topological polar surface area (TPSA) is 127 Å². The lowest BCUT2D eigenvalue weighted by molar-refractivity contribution is -0.137. The Labute approximate surface area is 290 Å². The fourth-order valence-electron chi connectivity index (χ4n) is 8.92. The quantitative estimate of drug-likeness (QED) is 0.228. The Balaban J connectivity index is 1.53. The Hall–Kier alpha value is -4.60. The number of hydrogen-bond donors (Lipinski definition) is 2. The number of hydrogen-bond acceptors (Lipinski definition) is 9. The van der Waals surface area contributed by atoms with Crippen molar-refractivity contribution in [3.63, 3.8) is 0 Å². The van der Waals surface area contributed by atoms with Gasteiger partial charge in [0, 0.05) is 59.2 Å². The molecule has 9 nitrogen and oxygen atoms in total. The van der Waals surface area contributed by atoms with E-state index in [-0.39, 0.29) is 78.1 Å². The zero-order valence-electron chi connectivity index (χ0n) is 28.3. The third-order valence-electron chi connectivity index (χ3n) is 11.2. The average molecular weight is 711 g/mol. The molecule has 0 spiro atoms. The maximum atomic E-state index is 17.4. The molecule has 1 aromatic heterocycles. The average Bonchev–Trinajstić information content (AvgIpc) is 3.39. The van der Waals surface area contributed by atoms with Crippen LogP contribution in [0.25, 0.3) is 27.6 Å². The van der Waals surface area contributed by atoms with Crippen LogP contribution in [0.5, 0.6) is 6.01 Å². The number of aromatic nitrogens is 2. The molecule has 0 amide bonds. The molecule has 0 unspecified atom stereocenters. The van der Waals surface area contributed by atoms with Gasteiger partial charge in [0.05, 0.1) is 34.4 Å². The third kappa shape index (κ3) is 5.53. The monoisotopic (exact) mass is 710 g/mol. The van der Waals surface area contributed by atoms with Crippen LogP contribution in [0.2, 0.25) is 0 Å². The second-order valence-corrected chi connectivity index (χ2v) is 14.6. The molecular weight excluding hydrogens is 674 g/mol. The highest BCUT2D eigenvalue weighted by Gasteiger charge is 2.47. The summed E-state index contributed by atoms with van der Waals surface area (Å²) in [5.41, 5.74) is 0.265. The summed E-state index contributed by atoms with van der Waals surface area (Å²) in [5, 5.41) is 24.4. The zero-order chi connectivity index (χ0) is 36.7. The number of alkyl halides is 5. The number of fused-ring (bicyclic) bond motifs is 5. The van der Waals surface area contributed by atoms with Gasteiger partial charge in [-0.05, 0) is 63.4 Å². The first-order chi connectivity index (χ1) is 24.1. The Morgan fingerprint density at radius 1 is 1.14 bits per heavy atom. The predicted octanol–water partition coefficient (Wildman–Crippen LogP) is 6.42. The van der Waals surface area contributed by atoms with Gasteiger partial charge in [-0.25, -0.2) is 13.2 Å². The smallest absolute Gasteiger partial charge is 0.417 e. The molecule has 4 aliphatic heterocycles. The number of nitrogens with one attached hydrogen (secondary N) is 1. The molecule has 0 aliphatic carbocycles. The van der Waals surface area contributed by atoms with Crippen molar-refractivity contribution in [2.24, 2.45) is 11.3 Å². The molecule has 5 heterocycles. The number of anilines is 2. The van der Waals surface area contributed by atoms with Crippen molar-refractivity contribution >= 4 is 28.0 Å². The molecule has 5 atom stereocenters. The van der Waals surface area contributed by atoms with Crippen LogP contribution in [0.3, 0.4) is 0 Å². The molecule has 15 heteroatoms. The summed E-state index contributed by atoms with van der Waals surface area (Å²) in [7, 11) is 1.82. The van der Waals surface area contributed by atoms with Crippen LogP contribution in [0.4, 0.5) is 37.8 Å². The second kappa shape index (κ2) is 12.3. The summed E-state index contributed by atoms with van der Waals surface area (Å²) in [6, 6.07) is 4.06. The molecular formula is C36H36F6N8O. The molecule has 0 radical (unpaired) electrons. The highest BCUT2D eigenvalue weighted by atomic mass is 19.4. The van der Waals surface area contributed by atoms with Crippen LogP contribution >= 0.6 is 0 Å². The summed E-state index contributed by atoms with van der Waals surface area (Å²) in [5.74, 6) is -2.09. The number of rotatable bonds is 5. The standard InChI is InChI=1S/C36H36F6N8O/c1-16-10-24-23-6-5-18(46-23)13-50(24)33-28-25(16)20(12-44)27(26-19(11-43)22(45)9-17(2)29(26)36(40,41)42)30(37)31(28)47-34(48-33)51-15-35(3)14-49(4)8-7-21(35)32(38)39/h9,18,21,23-24,32,46H,1,5-8,10,13-15,45H2,2-4H3/t18-,21-,23+,24-,35+/m1/s1. The number of benzene rings is 2. The van der Waals surface area contributed by atoms with Crippen LogP contribution in [0.15, 0.2) is 12.6 Å². The molecule has 2 bridgehead atoms. The highest BCUT2D eigenvalue weighted by molar-refractivity contribution is 6.07. The van der Waals surface area contributed by atoms with Crippen molar-refractivity contribution in [1.82, 2.24) is 20.2 Å². The van der Waals surface area contributed by atoms with Gasteiger partial charge in [-0.2, -0.15) is 33.7 Å². The summed E-state index contributed by atoms with van der Waals surface area (Å²) in [6.45, 7) is 8.04. The van der Waals surface area contributed by atoms with E-state index in [9.17, 15) is 32.5 Å². The third-order valence-corrected chi connectivity index (χ3v) is 11.2. The number of nitriles is 2. The summed E-state index contributed by atoms with van der Waals surface area (Å²) < 4.78 is 96.4. The van der Waals surface area contributed by atoms with E-state index >= 15 is 4.39 Å². The normalized spacial score (nSPS) is 26.2. The van der Waals surface area contributed by atoms with Gasteiger partial charge in [-0.1, -0.05) is 13.5 Å². The van der Waals surface area contributed by atoms with Crippen LogP contribution in [0.1, 0.15) is 60.4 Å². The largest absolute Gasteiger partial charge is 0.463 e. The van der Waals surface area contributed by atoms with E-state index < -0.39 is 63.1 Å². The minimum absolute atomic E-state index is 0.0267. The zero-order valence-corrected chi connectivity index (χ0v) is 28.3. The van der Waals surface area contributed by atoms with Gasteiger partial charge in [0.2, 0.25) is 6.43 Å². The van der Waals surface area contributed by atoms with E-state index in [2.05, 4.69) is 16.9 Å². The number of nitrogens with two attached hydrogens (primary N) is 1. The second-order valence-electron chi connectivity index (χ2n) is 14.6. The Kier molecular flexibility index (Phi) is 8.38. The van der Waals surface area contributed by atoms with Crippen LogP contribution < -0.4 is 20.7 Å². The van der Waals surface area contributed by atoms with Crippen LogP contribution in [-0.4, -0.2) is 72.7 Å². The van der Waals surface area contributed by atoms with Crippen LogP contribution in [-0.2, 0) is 6.18 Å². The lowest BCUT2D eigenvalue weighted by Crippen LogP contribution is -2.58. The van der Waals surface area contributed by atoms with Crippen molar-refractivity contribution < 1.29 is 31.1 Å². The Bertz CT molecular complexity index is 2050. The molecule has 2 aromatic carbocycles. The van der Waals surface area contributed by atoms with Crippen molar-refractivity contribution in [1.29, 1.82) is 10.5 Å². The van der Waals surface area contributed by atoms with E-state index in [0.29, 0.717) is 18.7 Å². The number of nitrogen functional groups attached to an aromatic ring is 1. The number of likely N-dealkylation sites (tertiary alicyclic amines) is 1. The maximum absolute atomic E-state index is 17.4. The van der Waals surface area contributed by atoms with E-state index in [1.807, 2.05) is 22.9 Å². The number of nitrogens with zero attached hydrogens (tertiary/aromatic N) is 6. The van der Waals surface area contributed by atoms with Crippen LogP contribution in [0, 0.1) is 46.7 Å². The molecule has 3 fully saturated rings. The SMILES string of the molecule is C=C1C[C@@H]2[C@@H]3CC[C@H](CN2c2nc(OC[C@]4(C)CN(C)CC[C@@H]4C(F)F)nc4c(F)c(-c5c(C#N)c(N)cc(C)c5C(F)(F)F)c(C#N)c1c24)N3. The minimum atomic E-state index is -5.07. The van der Waals surface area contributed by atoms with Crippen molar-refractivity contribution in [2.45, 2.75) is 70.3 Å². The van der Waals surface area contributed by atoms with E-state index in [1.54, 1.807) is 13.0 Å². The molecule has 3 aromatic rings. The molecule has 7 rings (SSSR count). The van der Waals surface area contributed by atoms with Crippen molar-refractivity contribution in [3.8, 4) is 29.3 Å². The van der Waals surface area contributed by atoms with Gasteiger partial charge in [0.15, 0.2) is 5.82 Å². The number of halogens is 6. The number of ether oxygens (including phenoxy) is 1. The van der Waals surface area contributed by atoms with Gasteiger partial charge in [0.25, 0.3) is 0 Å². The van der Waals surface area contributed by atoms with Crippen molar-refractivity contribution in [3.05, 3.63) is 46.3 Å². The molecule has 3 saturated heterocycles. The van der Waals surface area contributed by atoms with E-state index in [0.717, 1.165) is 25.8 Å². The molecule has 3 N–H and O–H groups in total. The van der Waals surface area contributed by atoms with Gasteiger partial charge < -0.3 is 25.6 Å². The van der Waals surface area contributed by atoms with E-state index in [4.69, 9.17) is 15.5 Å². The first kappa shape index (κ1) is 34.8. The summed E-state index contributed by atoms with van der Waals surface area (Å²) in [4.78, 5) is 13.1. The first-order valence-electron chi connectivity index (χ1n) is 16.8. The fourth-order valence-corrected chi connectivity index (χ4v) is 8.92. The minimum Gasteiger partial charge on any atom is -0.463 e. The molecule has 4 aliphatic rings. The molecule has 268 valence electrons. The number of piperazine rings is 1. The lowest BCUT2D eigenvalue weighted by Gasteiger charge is -2.44. The molecule has 51 heavy (non-hydrogen) atoms. The van der Waals surface area contributed by atoms with Gasteiger partial charge in [0.1, 0.15) is 23.5 Å². The fraction of sp³-hybridized carbons (Fsp3) is 0.500. The predicted molar refractivity (Wildman–Crippen MR) is 178 cm³/mol. The highest BCUT2D eigenvalue weighted by Crippen LogP contribution is 2.51. The summed E-state index contributed by atoms with van der Waals surface area (Å²) in [6.07, 6.45) is -5.51. The van der Waals surface area contributed by atoms with E-state index in [1.165, 1.54) is 0 Å². The number of aryl methyl sites for hydroxylation is 1. The first-order valence-corrected chi connectivity index (χ1v) is 16.8.